The maximum absolute atomic E-state index is 5.30. The molecule has 3 nitrogen and oxygen atoms in total. The van der Waals surface area contributed by atoms with Gasteiger partial charge in [0, 0.05) is 43.8 Å². The molecular formula is C14H20N2O. The molecule has 0 saturated carbocycles. The average molecular weight is 232 g/mol. The first kappa shape index (κ1) is 12.1. The minimum atomic E-state index is 0.779. The first-order valence-electron chi connectivity index (χ1n) is 6.14. The number of ether oxygens (including phenoxy) is 1. The zero-order chi connectivity index (χ0) is 12.1. The van der Waals surface area contributed by atoms with Gasteiger partial charge < -0.3 is 14.6 Å². The second-order valence-electron chi connectivity index (χ2n) is 4.16. The van der Waals surface area contributed by atoms with Crippen molar-refractivity contribution in [2.24, 2.45) is 7.05 Å². The molecule has 0 aliphatic carbocycles. The van der Waals surface area contributed by atoms with Crippen LogP contribution in [0.4, 0.5) is 0 Å². The van der Waals surface area contributed by atoms with Crippen molar-refractivity contribution in [1.82, 2.24) is 9.88 Å². The minimum Gasteiger partial charge on any atom is -0.380 e. The second-order valence-corrected chi connectivity index (χ2v) is 4.16. The largest absolute Gasteiger partial charge is 0.380 e. The van der Waals surface area contributed by atoms with E-state index >= 15 is 0 Å². The highest BCUT2D eigenvalue weighted by atomic mass is 16.5. The van der Waals surface area contributed by atoms with E-state index in [9.17, 15) is 0 Å². The number of benzene rings is 1. The number of fused-ring (bicyclic) bond motifs is 1. The van der Waals surface area contributed by atoms with E-state index in [4.69, 9.17) is 4.74 Å². The predicted octanol–water partition coefficient (Wildman–Crippen LogP) is 2.30. The molecule has 0 aliphatic rings. The molecule has 0 amide bonds. The van der Waals surface area contributed by atoms with E-state index in [-0.39, 0.29) is 0 Å². The van der Waals surface area contributed by atoms with Gasteiger partial charge in [0.25, 0.3) is 0 Å². The quantitative estimate of drug-likeness (QED) is 0.773. The highest BCUT2D eigenvalue weighted by Crippen LogP contribution is 2.19. The van der Waals surface area contributed by atoms with E-state index in [1.807, 2.05) is 6.92 Å². The van der Waals surface area contributed by atoms with Gasteiger partial charge in [-0.2, -0.15) is 0 Å². The number of rotatable bonds is 6. The van der Waals surface area contributed by atoms with Crippen molar-refractivity contribution in [3.63, 3.8) is 0 Å². The lowest BCUT2D eigenvalue weighted by Gasteiger charge is -2.03. The number of nitrogens with one attached hydrogen (secondary N) is 1. The Morgan fingerprint density at radius 2 is 2.12 bits per heavy atom. The lowest BCUT2D eigenvalue weighted by molar-refractivity contribution is 0.149. The first-order valence-corrected chi connectivity index (χ1v) is 6.14. The van der Waals surface area contributed by atoms with E-state index in [2.05, 4.69) is 47.4 Å². The summed E-state index contributed by atoms with van der Waals surface area (Å²) in [6, 6.07) is 8.49. The van der Waals surface area contributed by atoms with E-state index in [1.165, 1.54) is 16.5 Å². The van der Waals surface area contributed by atoms with Gasteiger partial charge in [-0.25, -0.2) is 0 Å². The van der Waals surface area contributed by atoms with Crippen molar-refractivity contribution >= 4 is 10.9 Å². The van der Waals surface area contributed by atoms with Crippen molar-refractivity contribution in [2.45, 2.75) is 13.5 Å². The maximum Gasteiger partial charge on any atom is 0.0590 e. The highest BCUT2D eigenvalue weighted by molar-refractivity contribution is 5.83. The Morgan fingerprint density at radius 1 is 1.29 bits per heavy atom. The summed E-state index contributed by atoms with van der Waals surface area (Å²) in [5, 5.41) is 4.74. The number of hydrogen-bond acceptors (Lipinski definition) is 2. The third-order valence-corrected chi connectivity index (χ3v) is 2.92. The maximum atomic E-state index is 5.30. The third-order valence-electron chi connectivity index (χ3n) is 2.92. The topological polar surface area (TPSA) is 26.2 Å². The van der Waals surface area contributed by atoms with Crippen LogP contribution in [0.3, 0.4) is 0 Å². The molecule has 0 unspecified atom stereocenters. The molecular weight excluding hydrogens is 212 g/mol. The second kappa shape index (κ2) is 5.84. The summed E-state index contributed by atoms with van der Waals surface area (Å²) < 4.78 is 7.47. The first-order chi connectivity index (χ1) is 8.33. The SMILES string of the molecule is CCOCCNCc1cn(C)c2ccccc12. The van der Waals surface area contributed by atoms with Gasteiger partial charge in [-0.15, -0.1) is 0 Å². The standard InChI is InChI=1S/C14H20N2O/c1-3-17-9-8-15-10-12-11-16(2)14-7-5-4-6-13(12)14/h4-7,11,15H,3,8-10H2,1-2H3. The summed E-state index contributed by atoms with van der Waals surface area (Å²) in [6.45, 7) is 5.38. The Bertz CT molecular complexity index is 476. The fourth-order valence-corrected chi connectivity index (χ4v) is 2.08. The monoisotopic (exact) mass is 232 g/mol. The fraction of sp³-hybridized carbons (Fsp3) is 0.429. The molecule has 92 valence electrons. The molecule has 1 N–H and O–H groups in total. The van der Waals surface area contributed by atoms with Gasteiger partial charge in [0.15, 0.2) is 0 Å². The van der Waals surface area contributed by atoms with Crippen LogP contribution in [0.15, 0.2) is 30.5 Å². The van der Waals surface area contributed by atoms with Crippen molar-refractivity contribution in [1.29, 1.82) is 0 Å². The van der Waals surface area contributed by atoms with Gasteiger partial charge in [0.2, 0.25) is 0 Å². The van der Waals surface area contributed by atoms with Gasteiger partial charge in [-0.1, -0.05) is 18.2 Å². The van der Waals surface area contributed by atoms with E-state index < -0.39 is 0 Å². The zero-order valence-electron chi connectivity index (χ0n) is 10.6. The van der Waals surface area contributed by atoms with Gasteiger partial charge >= 0.3 is 0 Å². The zero-order valence-corrected chi connectivity index (χ0v) is 10.6. The van der Waals surface area contributed by atoms with Crippen LogP contribution >= 0.6 is 0 Å². The average Bonchev–Trinajstić information content (AvgIpc) is 2.67. The molecule has 2 rings (SSSR count). The van der Waals surface area contributed by atoms with Gasteiger partial charge in [0.05, 0.1) is 6.61 Å². The molecule has 0 radical (unpaired) electrons. The van der Waals surface area contributed by atoms with Crippen molar-refractivity contribution in [2.75, 3.05) is 19.8 Å². The molecule has 0 saturated heterocycles. The smallest absolute Gasteiger partial charge is 0.0590 e. The predicted molar refractivity (Wildman–Crippen MR) is 71.1 cm³/mol. The third kappa shape index (κ3) is 2.87. The van der Waals surface area contributed by atoms with Gasteiger partial charge in [-0.05, 0) is 18.6 Å². The summed E-state index contributed by atoms with van der Waals surface area (Å²) in [7, 11) is 2.09. The van der Waals surface area contributed by atoms with Crippen molar-refractivity contribution in [3.8, 4) is 0 Å². The Morgan fingerprint density at radius 3 is 2.94 bits per heavy atom. The van der Waals surface area contributed by atoms with Crippen LogP contribution in [0.1, 0.15) is 12.5 Å². The molecule has 0 spiro atoms. The van der Waals surface area contributed by atoms with Crippen LogP contribution in [0.5, 0.6) is 0 Å². The number of para-hydroxylation sites is 1. The van der Waals surface area contributed by atoms with Crippen molar-refractivity contribution in [3.05, 3.63) is 36.0 Å². The molecule has 0 atom stereocenters. The molecule has 17 heavy (non-hydrogen) atoms. The van der Waals surface area contributed by atoms with E-state index in [1.54, 1.807) is 0 Å². The number of aromatic nitrogens is 1. The lowest BCUT2D eigenvalue weighted by atomic mass is 10.2. The van der Waals surface area contributed by atoms with Crippen LogP contribution < -0.4 is 5.32 Å². The van der Waals surface area contributed by atoms with Crippen LogP contribution in [-0.4, -0.2) is 24.3 Å². The molecule has 3 heteroatoms. The molecule has 0 aliphatic heterocycles. The molecule has 2 aromatic rings. The summed E-state index contributed by atoms with van der Waals surface area (Å²) in [5.41, 5.74) is 2.63. The van der Waals surface area contributed by atoms with Crippen LogP contribution in [0, 0.1) is 0 Å². The molecule has 0 bridgehead atoms. The Balaban J connectivity index is 1.99. The Labute approximate surface area is 102 Å². The fourth-order valence-electron chi connectivity index (χ4n) is 2.08. The molecule has 0 fully saturated rings. The number of hydrogen-bond donors (Lipinski definition) is 1. The Hall–Kier alpha value is -1.32. The lowest BCUT2D eigenvalue weighted by Crippen LogP contribution is -2.19. The van der Waals surface area contributed by atoms with Crippen LogP contribution in [0.2, 0.25) is 0 Å². The number of nitrogens with zero attached hydrogens (tertiary/aromatic N) is 1. The molecule has 1 aromatic carbocycles. The normalized spacial score (nSPS) is 11.2. The van der Waals surface area contributed by atoms with Gasteiger partial charge in [0.1, 0.15) is 0 Å². The number of aryl methyl sites for hydroxylation is 1. The van der Waals surface area contributed by atoms with Gasteiger partial charge in [-0.3, -0.25) is 0 Å². The van der Waals surface area contributed by atoms with E-state index in [0.717, 1.165) is 26.3 Å². The molecule has 1 heterocycles. The van der Waals surface area contributed by atoms with Crippen LogP contribution in [0.25, 0.3) is 10.9 Å². The summed E-state index contributed by atoms with van der Waals surface area (Å²) in [6.07, 6.45) is 2.19. The summed E-state index contributed by atoms with van der Waals surface area (Å²) in [4.78, 5) is 0. The van der Waals surface area contributed by atoms with Crippen molar-refractivity contribution < 1.29 is 4.74 Å². The summed E-state index contributed by atoms with van der Waals surface area (Å²) >= 11 is 0. The molecule has 1 aromatic heterocycles. The Kier molecular flexibility index (Phi) is 4.18. The van der Waals surface area contributed by atoms with E-state index in [0.29, 0.717) is 0 Å². The van der Waals surface area contributed by atoms with Crippen LogP contribution in [-0.2, 0) is 18.3 Å². The minimum absolute atomic E-state index is 0.779. The summed E-state index contributed by atoms with van der Waals surface area (Å²) in [5.74, 6) is 0. The highest BCUT2D eigenvalue weighted by Gasteiger charge is 2.04.